The van der Waals surface area contributed by atoms with Crippen molar-refractivity contribution < 1.29 is 14.6 Å². The number of aliphatic hydroxyl groups excluding tert-OH is 1. The number of carbonyl (C=O) groups is 1. The van der Waals surface area contributed by atoms with Crippen molar-refractivity contribution in [2.24, 2.45) is 0 Å². The van der Waals surface area contributed by atoms with Crippen molar-refractivity contribution >= 4 is 16.9 Å². The molecule has 1 heterocycles. The first-order chi connectivity index (χ1) is 10.2. The maximum Gasteiger partial charge on any atom is 0.314 e. The molecular formula is C15H21N3O3. The van der Waals surface area contributed by atoms with Crippen LogP contribution in [0.3, 0.4) is 0 Å². The molecule has 1 atom stereocenters. The SMILES string of the molecule is COCC(O)CNC(=O)NCCc1c[nH]c2ccccc12. The van der Waals surface area contributed by atoms with Crippen molar-refractivity contribution in [1.82, 2.24) is 15.6 Å². The summed E-state index contributed by atoms with van der Waals surface area (Å²) in [5.74, 6) is 0. The quantitative estimate of drug-likeness (QED) is 0.614. The van der Waals surface area contributed by atoms with Crippen molar-refractivity contribution in [3.63, 3.8) is 0 Å². The number of fused-ring (bicyclic) bond motifs is 1. The van der Waals surface area contributed by atoms with E-state index in [1.165, 1.54) is 18.1 Å². The highest BCUT2D eigenvalue weighted by molar-refractivity contribution is 5.83. The lowest BCUT2D eigenvalue weighted by atomic mass is 10.1. The van der Waals surface area contributed by atoms with Crippen LogP contribution in [0.5, 0.6) is 0 Å². The van der Waals surface area contributed by atoms with Gasteiger partial charge in [-0.25, -0.2) is 4.79 Å². The Balaban J connectivity index is 1.73. The number of methoxy groups -OCH3 is 1. The predicted octanol–water partition coefficient (Wildman–Crippen LogP) is 1.02. The largest absolute Gasteiger partial charge is 0.389 e. The number of para-hydroxylation sites is 1. The average Bonchev–Trinajstić information content (AvgIpc) is 2.89. The first kappa shape index (κ1) is 15.3. The first-order valence-corrected chi connectivity index (χ1v) is 6.94. The minimum Gasteiger partial charge on any atom is -0.389 e. The number of hydrogen-bond donors (Lipinski definition) is 4. The van der Waals surface area contributed by atoms with Crippen molar-refractivity contribution in [3.05, 3.63) is 36.0 Å². The number of rotatable bonds is 7. The Labute approximate surface area is 123 Å². The number of urea groups is 1. The Kier molecular flexibility index (Phi) is 5.59. The normalized spacial score (nSPS) is 12.3. The van der Waals surface area contributed by atoms with Gasteiger partial charge in [-0.2, -0.15) is 0 Å². The van der Waals surface area contributed by atoms with Crippen molar-refractivity contribution in [1.29, 1.82) is 0 Å². The molecule has 0 aliphatic rings. The maximum absolute atomic E-state index is 11.6. The van der Waals surface area contributed by atoms with E-state index < -0.39 is 6.10 Å². The molecule has 2 aromatic rings. The standard InChI is InChI=1S/C15H21N3O3/c1-21-10-12(19)9-18-15(20)16-7-6-11-8-17-14-5-3-2-4-13(11)14/h2-5,8,12,17,19H,6-7,9-10H2,1H3,(H2,16,18,20). The number of nitrogens with one attached hydrogen (secondary N) is 3. The average molecular weight is 291 g/mol. The van der Waals surface area contributed by atoms with Gasteiger partial charge in [-0.15, -0.1) is 0 Å². The van der Waals surface area contributed by atoms with Gasteiger partial charge in [0.05, 0.1) is 12.7 Å². The van der Waals surface area contributed by atoms with E-state index in [2.05, 4.69) is 21.7 Å². The fourth-order valence-electron chi connectivity index (χ4n) is 2.17. The number of carbonyl (C=O) groups excluding carboxylic acids is 1. The van der Waals surface area contributed by atoms with E-state index in [1.54, 1.807) is 0 Å². The molecule has 21 heavy (non-hydrogen) atoms. The number of H-pyrrole nitrogens is 1. The van der Waals surface area contributed by atoms with Gasteiger partial charge < -0.3 is 25.5 Å². The van der Waals surface area contributed by atoms with Crippen molar-refractivity contribution in [2.45, 2.75) is 12.5 Å². The molecule has 0 radical (unpaired) electrons. The van der Waals surface area contributed by atoms with Gasteiger partial charge in [-0.05, 0) is 18.1 Å². The number of aromatic nitrogens is 1. The minimum absolute atomic E-state index is 0.173. The summed E-state index contributed by atoms with van der Waals surface area (Å²) >= 11 is 0. The lowest BCUT2D eigenvalue weighted by Crippen LogP contribution is -2.41. The molecular weight excluding hydrogens is 270 g/mol. The lowest BCUT2D eigenvalue weighted by molar-refractivity contribution is 0.0660. The number of amides is 2. The summed E-state index contributed by atoms with van der Waals surface area (Å²) in [6, 6.07) is 7.78. The molecule has 0 spiro atoms. The van der Waals surface area contributed by atoms with Gasteiger partial charge in [0.2, 0.25) is 0 Å². The topological polar surface area (TPSA) is 86.4 Å². The van der Waals surface area contributed by atoms with Gasteiger partial charge in [0.1, 0.15) is 0 Å². The van der Waals surface area contributed by atoms with Crippen LogP contribution in [0.15, 0.2) is 30.5 Å². The van der Waals surface area contributed by atoms with Crippen molar-refractivity contribution in [2.75, 3.05) is 26.8 Å². The molecule has 0 saturated heterocycles. The molecule has 4 N–H and O–H groups in total. The van der Waals surface area contributed by atoms with Gasteiger partial charge in [0, 0.05) is 37.3 Å². The second kappa shape index (κ2) is 7.66. The van der Waals surface area contributed by atoms with Crippen LogP contribution in [0.25, 0.3) is 10.9 Å². The summed E-state index contributed by atoms with van der Waals surface area (Å²) in [6.07, 6.45) is 2.03. The minimum atomic E-state index is -0.686. The number of benzene rings is 1. The summed E-state index contributed by atoms with van der Waals surface area (Å²) in [6.45, 7) is 0.913. The zero-order valence-electron chi connectivity index (χ0n) is 12.1. The van der Waals surface area contributed by atoms with E-state index >= 15 is 0 Å². The second-order valence-electron chi connectivity index (χ2n) is 4.86. The molecule has 2 rings (SSSR count). The zero-order chi connectivity index (χ0) is 15.1. The molecule has 1 unspecified atom stereocenters. The summed E-state index contributed by atoms with van der Waals surface area (Å²) in [5, 5.41) is 16.0. The number of ether oxygens (including phenoxy) is 1. The van der Waals surface area contributed by atoms with Crippen LogP contribution < -0.4 is 10.6 Å². The van der Waals surface area contributed by atoms with E-state index in [9.17, 15) is 9.90 Å². The zero-order valence-corrected chi connectivity index (χ0v) is 12.1. The Hall–Kier alpha value is -2.05. The molecule has 0 aliphatic heterocycles. The maximum atomic E-state index is 11.6. The van der Waals surface area contributed by atoms with Crippen LogP contribution in [0.4, 0.5) is 4.79 Å². The number of aliphatic hydroxyl groups is 1. The van der Waals surface area contributed by atoms with Gasteiger partial charge in [-0.1, -0.05) is 18.2 Å². The molecule has 6 nitrogen and oxygen atoms in total. The third-order valence-corrected chi connectivity index (χ3v) is 3.21. The van der Waals surface area contributed by atoms with Crippen LogP contribution in [0.2, 0.25) is 0 Å². The van der Waals surface area contributed by atoms with E-state index in [1.807, 2.05) is 24.4 Å². The highest BCUT2D eigenvalue weighted by Crippen LogP contribution is 2.17. The van der Waals surface area contributed by atoms with Crippen LogP contribution in [-0.2, 0) is 11.2 Å². The Bertz CT molecular complexity index is 582. The Morgan fingerprint density at radius 3 is 3.00 bits per heavy atom. The van der Waals surface area contributed by atoms with Crippen LogP contribution in [0.1, 0.15) is 5.56 Å². The Morgan fingerprint density at radius 2 is 2.19 bits per heavy atom. The predicted molar refractivity (Wildman–Crippen MR) is 81.3 cm³/mol. The molecule has 0 aliphatic carbocycles. The summed E-state index contributed by atoms with van der Waals surface area (Å²) in [4.78, 5) is 14.8. The number of aromatic amines is 1. The molecule has 6 heteroatoms. The van der Waals surface area contributed by atoms with Gasteiger partial charge >= 0.3 is 6.03 Å². The molecule has 0 bridgehead atoms. The van der Waals surface area contributed by atoms with Crippen molar-refractivity contribution in [3.8, 4) is 0 Å². The molecule has 114 valence electrons. The van der Waals surface area contributed by atoms with E-state index in [0.717, 1.165) is 11.9 Å². The van der Waals surface area contributed by atoms with E-state index in [4.69, 9.17) is 4.74 Å². The monoisotopic (exact) mass is 291 g/mol. The molecule has 1 aromatic carbocycles. The van der Waals surface area contributed by atoms with Gasteiger partial charge in [0.15, 0.2) is 0 Å². The van der Waals surface area contributed by atoms with E-state index in [-0.39, 0.29) is 19.2 Å². The fourth-order valence-corrected chi connectivity index (χ4v) is 2.17. The molecule has 0 saturated carbocycles. The summed E-state index contributed by atoms with van der Waals surface area (Å²) in [7, 11) is 1.50. The highest BCUT2D eigenvalue weighted by Gasteiger charge is 2.07. The Morgan fingerprint density at radius 1 is 1.38 bits per heavy atom. The fraction of sp³-hybridized carbons (Fsp3) is 0.400. The first-order valence-electron chi connectivity index (χ1n) is 6.94. The second-order valence-corrected chi connectivity index (χ2v) is 4.86. The third kappa shape index (κ3) is 4.47. The molecule has 2 amide bonds. The van der Waals surface area contributed by atoms with Crippen LogP contribution in [0, 0.1) is 0 Å². The highest BCUT2D eigenvalue weighted by atomic mass is 16.5. The molecule has 1 aromatic heterocycles. The smallest absolute Gasteiger partial charge is 0.314 e. The molecule has 0 fully saturated rings. The lowest BCUT2D eigenvalue weighted by Gasteiger charge is -2.11. The summed E-state index contributed by atoms with van der Waals surface area (Å²) < 4.78 is 4.78. The third-order valence-electron chi connectivity index (χ3n) is 3.21. The number of hydrogen-bond acceptors (Lipinski definition) is 3. The summed E-state index contributed by atoms with van der Waals surface area (Å²) in [5.41, 5.74) is 2.27. The van der Waals surface area contributed by atoms with Crippen LogP contribution >= 0.6 is 0 Å². The van der Waals surface area contributed by atoms with Gasteiger partial charge in [0.25, 0.3) is 0 Å². The van der Waals surface area contributed by atoms with Gasteiger partial charge in [-0.3, -0.25) is 0 Å². The van der Waals surface area contributed by atoms with Crippen LogP contribution in [-0.4, -0.2) is 49.0 Å². The van der Waals surface area contributed by atoms with E-state index in [0.29, 0.717) is 6.54 Å².